The molecule has 2 amide bonds. The van der Waals surface area contributed by atoms with Gasteiger partial charge in [-0.25, -0.2) is 0 Å². The maximum absolute atomic E-state index is 13.0. The van der Waals surface area contributed by atoms with Crippen LogP contribution < -0.4 is 11.1 Å². The van der Waals surface area contributed by atoms with E-state index in [9.17, 15) is 9.59 Å². The summed E-state index contributed by atoms with van der Waals surface area (Å²) in [6.45, 7) is 7.26. The SMILES string of the molecule is CN1CCN(Cc2cccc(C(=O)N3CCCC(C(=O)NCCN)C3)c2)CC1. The van der Waals surface area contributed by atoms with E-state index in [4.69, 9.17) is 5.73 Å². The summed E-state index contributed by atoms with van der Waals surface area (Å²) < 4.78 is 0. The van der Waals surface area contributed by atoms with E-state index in [0.717, 1.165) is 51.1 Å². The third-order valence-corrected chi connectivity index (χ3v) is 5.70. The Hall–Kier alpha value is -1.96. The third kappa shape index (κ3) is 5.53. The topological polar surface area (TPSA) is 81.9 Å². The summed E-state index contributed by atoms with van der Waals surface area (Å²) in [5.74, 6) is -0.110. The fraction of sp³-hybridized carbons (Fsp3) is 0.619. The first-order valence-electron chi connectivity index (χ1n) is 10.3. The van der Waals surface area contributed by atoms with E-state index < -0.39 is 0 Å². The fourth-order valence-electron chi connectivity index (χ4n) is 3.96. The molecule has 7 heteroatoms. The largest absolute Gasteiger partial charge is 0.355 e. The number of carbonyl (C=O) groups excluding carboxylic acids is 2. The van der Waals surface area contributed by atoms with Crippen molar-refractivity contribution in [1.82, 2.24) is 20.0 Å². The number of carbonyl (C=O) groups is 2. The summed E-state index contributed by atoms with van der Waals surface area (Å²) in [5.41, 5.74) is 7.35. The van der Waals surface area contributed by atoms with E-state index in [2.05, 4.69) is 28.2 Å². The van der Waals surface area contributed by atoms with Crippen LogP contribution in [0.1, 0.15) is 28.8 Å². The summed E-state index contributed by atoms with van der Waals surface area (Å²) in [5, 5.41) is 2.85. The van der Waals surface area contributed by atoms with Gasteiger partial charge in [-0.15, -0.1) is 0 Å². The molecule has 154 valence electrons. The van der Waals surface area contributed by atoms with Crippen LogP contribution in [0.25, 0.3) is 0 Å². The highest BCUT2D eigenvalue weighted by Crippen LogP contribution is 2.20. The molecule has 1 atom stereocenters. The maximum Gasteiger partial charge on any atom is 0.253 e. The molecule has 0 aliphatic carbocycles. The Kier molecular flexibility index (Phi) is 7.42. The van der Waals surface area contributed by atoms with Crippen LogP contribution in [0.2, 0.25) is 0 Å². The number of nitrogens with two attached hydrogens (primary N) is 1. The first-order chi connectivity index (χ1) is 13.6. The van der Waals surface area contributed by atoms with Crippen LogP contribution in [-0.4, -0.2) is 85.9 Å². The number of likely N-dealkylation sites (N-methyl/N-ethyl adjacent to an activating group) is 1. The number of nitrogens with one attached hydrogen (secondary N) is 1. The fourth-order valence-corrected chi connectivity index (χ4v) is 3.96. The predicted octanol–water partition coefficient (Wildman–Crippen LogP) is 0.361. The van der Waals surface area contributed by atoms with Gasteiger partial charge in [0.05, 0.1) is 5.92 Å². The van der Waals surface area contributed by atoms with Gasteiger partial charge in [-0.1, -0.05) is 12.1 Å². The highest BCUT2D eigenvalue weighted by molar-refractivity contribution is 5.95. The van der Waals surface area contributed by atoms with Crippen molar-refractivity contribution in [3.63, 3.8) is 0 Å². The molecule has 2 aliphatic rings. The lowest BCUT2D eigenvalue weighted by Gasteiger charge is -2.33. The minimum absolute atomic E-state index is 0.00627. The molecule has 0 bridgehead atoms. The molecule has 0 spiro atoms. The molecule has 3 N–H and O–H groups in total. The molecule has 2 aliphatic heterocycles. The van der Waals surface area contributed by atoms with Crippen molar-refractivity contribution in [3.05, 3.63) is 35.4 Å². The molecule has 28 heavy (non-hydrogen) atoms. The quantitative estimate of drug-likeness (QED) is 0.737. The van der Waals surface area contributed by atoms with E-state index in [1.165, 1.54) is 5.56 Å². The monoisotopic (exact) mass is 387 g/mol. The van der Waals surface area contributed by atoms with Crippen LogP contribution in [-0.2, 0) is 11.3 Å². The summed E-state index contributed by atoms with van der Waals surface area (Å²) in [4.78, 5) is 31.9. The number of hydrogen-bond donors (Lipinski definition) is 2. The molecular formula is C21H33N5O2. The second kappa shape index (κ2) is 10.0. The smallest absolute Gasteiger partial charge is 0.253 e. The number of benzene rings is 1. The van der Waals surface area contributed by atoms with Crippen molar-refractivity contribution < 1.29 is 9.59 Å². The summed E-state index contributed by atoms with van der Waals surface area (Å²) in [6.07, 6.45) is 1.68. The van der Waals surface area contributed by atoms with Crippen molar-refractivity contribution >= 4 is 11.8 Å². The highest BCUT2D eigenvalue weighted by Gasteiger charge is 2.28. The van der Waals surface area contributed by atoms with Crippen molar-refractivity contribution in [2.24, 2.45) is 11.7 Å². The Balaban J connectivity index is 1.59. The molecule has 0 radical (unpaired) electrons. The third-order valence-electron chi connectivity index (χ3n) is 5.70. The van der Waals surface area contributed by atoms with Gasteiger partial charge in [0.15, 0.2) is 0 Å². The number of piperidine rings is 1. The second-order valence-electron chi connectivity index (χ2n) is 7.95. The normalized spacial score (nSPS) is 21.5. The molecule has 2 saturated heterocycles. The standard InChI is InChI=1S/C21H33N5O2/c1-24-10-12-25(13-11-24)15-17-4-2-5-18(14-17)21(28)26-9-3-6-19(16-26)20(27)23-8-7-22/h2,4-5,14,19H,3,6-13,15-16,22H2,1H3,(H,23,27). The number of piperazine rings is 1. The average Bonchev–Trinajstić information content (AvgIpc) is 2.73. The zero-order chi connectivity index (χ0) is 19.9. The number of rotatable bonds is 6. The van der Waals surface area contributed by atoms with Gasteiger partial charge in [-0.2, -0.15) is 0 Å². The minimum atomic E-state index is -0.141. The molecule has 2 heterocycles. The van der Waals surface area contributed by atoms with Gasteiger partial charge in [0.25, 0.3) is 5.91 Å². The Bertz CT molecular complexity index is 673. The van der Waals surface area contributed by atoms with Crippen LogP contribution in [0.5, 0.6) is 0 Å². The van der Waals surface area contributed by atoms with Gasteiger partial charge in [0, 0.05) is 64.5 Å². The molecular weight excluding hydrogens is 354 g/mol. The predicted molar refractivity (Wildman–Crippen MR) is 110 cm³/mol. The van der Waals surface area contributed by atoms with Gasteiger partial charge in [0.2, 0.25) is 5.91 Å². The van der Waals surface area contributed by atoms with E-state index in [0.29, 0.717) is 26.2 Å². The molecule has 1 unspecified atom stereocenters. The van der Waals surface area contributed by atoms with E-state index in [-0.39, 0.29) is 17.7 Å². The van der Waals surface area contributed by atoms with Crippen LogP contribution in [0.3, 0.4) is 0 Å². The molecule has 1 aromatic rings. The Labute approximate surface area is 167 Å². The van der Waals surface area contributed by atoms with Crippen LogP contribution in [0.15, 0.2) is 24.3 Å². The van der Waals surface area contributed by atoms with Crippen LogP contribution in [0, 0.1) is 5.92 Å². The highest BCUT2D eigenvalue weighted by atomic mass is 16.2. The van der Waals surface area contributed by atoms with Gasteiger partial charge >= 0.3 is 0 Å². The lowest BCUT2D eigenvalue weighted by atomic mass is 9.96. The van der Waals surface area contributed by atoms with Gasteiger partial charge < -0.3 is 20.9 Å². The van der Waals surface area contributed by atoms with Crippen LogP contribution in [0.4, 0.5) is 0 Å². The zero-order valence-corrected chi connectivity index (χ0v) is 16.9. The molecule has 0 aromatic heterocycles. The number of hydrogen-bond acceptors (Lipinski definition) is 5. The molecule has 2 fully saturated rings. The first kappa shape index (κ1) is 20.8. The van der Waals surface area contributed by atoms with Crippen molar-refractivity contribution in [3.8, 4) is 0 Å². The summed E-state index contributed by atoms with van der Waals surface area (Å²) in [7, 11) is 2.15. The van der Waals surface area contributed by atoms with Crippen molar-refractivity contribution in [2.45, 2.75) is 19.4 Å². The number of nitrogens with zero attached hydrogens (tertiary/aromatic N) is 3. The van der Waals surface area contributed by atoms with Crippen molar-refractivity contribution in [1.29, 1.82) is 0 Å². The summed E-state index contributed by atoms with van der Waals surface area (Å²) >= 11 is 0. The van der Waals surface area contributed by atoms with Gasteiger partial charge in [0.1, 0.15) is 0 Å². The van der Waals surface area contributed by atoms with Gasteiger partial charge in [-0.05, 0) is 37.6 Å². The molecule has 0 saturated carbocycles. The van der Waals surface area contributed by atoms with E-state index >= 15 is 0 Å². The molecule has 1 aromatic carbocycles. The molecule has 7 nitrogen and oxygen atoms in total. The van der Waals surface area contributed by atoms with Crippen LogP contribution >= 0.6 is 0 Å². The minimum Gasteiger partial charge on any atom is -0.355 e. The Morgan fingerprint density at radius 3 is 2.71 bits per heavy atom. The Morgan fingerprint density at radius 1 is 1.18 bits per heavy atom. The first-order valence-corrected chi connectivity index (χ1v) is 10.3. The van der Waals surface area contributed by atoms with Gasteiger partial charge in [-0.3, -0.25) is 14.5 Å². The Morgan fingerprint density at radius 2 is 1.96 bits per heavy atom. The lowest BCUT2D eigenvalue weighted by molar-refractivity contribution is -0.126. The lowest BCUT2D eigenvalue weighted by Crippen LogP contribution is -2.46. The van der Waals surface area contributed by atoms with E-state index in [1.807, 2.05) is 23.1 Å². The summed E-state index contributed by atoms with van der Waals surface area (Å²) in [6, 6.07) is 7.95. The number of likely N-dealkylation sites (tertiary alicyclic amines) is 1. The van der Waals surface area contributed by atoms with Crippen molar-refractivity contribution in [2.75, 3.05) is 59.4 Å². The number of amides is 2. The zero-order valence-electron chi connectivity index (χ0n) is 16.9. The second-order valence-corrected chi connectivity index (χ2v) is 7.95. The molecule has 3 rings (SSSR count). The maximum atomic E-state index is 13.0. The average molecular weight is 388 g/mol. The van der Waals surface area contributed by atoms with E-state index in [1.54, 1.807) is 0 Å².